The van der Waals surface area contributed by atoms with E-state index in [-0.39, 0.29) is 17.0 Å². The predicted octanol–water partition coefficient (Wildman–Crippen LogP) is 5.87. The molecule has 0 aliphatic carbocycles. The Balaban J connectivity index is 1.81. The van der Waals surface area contributed by atoms with Gasteiger partial charge in [-0.2, -0.15) is 18.3 Å². The summed E-state index contributed by atoms with van der Waals surface area (Å²) in [4.78, 5) is 0. The van der Waals surface area contributed by atoms with Crippen molar-refractivity contribution in [2.24, 2.45) is 0 Å². The SMILES string of the molecule is Oc1c(-c2cc(C(F)(F)F)[nH]n2)ccc2oc(-c3cccc(Cl)c3)cc12. The van der Waals surface area contributed by atoms with E-state index in [0.29, 0.717) is 27.3 Å². The monoisotopic (exact) mass is 378 g/mol. The Kier molecular flexibility index (Phi) is 3.69. The number of benzene rings is 2. The van der Waals surface area contributed by atoms with Crippen molar-refractivity contribution < 1.29 is 22.7 Å². The molecule has 4 rings (SSSR count). The van der Waals surface area contributed by atoms with Crippen molar-refractivity contribution in [3.8, 4) is 28.3 Å². The fourth-order valence-electron chi connectivity index (χ4n) is 2.69. The number of hydrogen-bond donors (Lipinski definition) is 2. The van der Waals surface area contributed by atoms with E-state index >= 15 is 0 Å². The second-order valence-electron chi connectivity index (χ2n) is 5.66. The molecule has 0 amide bonds. The summed E-state index contributed by atoms with van der Waals surface area (Å²) in [6.45, 7) is 0. The molecule has 0 spiro atoms. The Morgan fingerprint density at radius 2 is 1.88 bits per heavy atom. The van der Waals surface area contributed by atoms with Crippen molar-refractivity contribution in [3.05, 3.63) is 59.2 Å². The van der Waals surface area contributed by atoms with Gasteiger partial charge in [0, 0.05) is 16.1 Å². The summed E-state index contributed by atoms with van der Waals surface area (Å²) in [5, 5.41) is 17.0. The zero-order chi connectivity index (χ0) is 18.5. The molecule has 0 radical (unpaired) electrons. The number of halogens is 4. The number of nitrogens with one attached hydrogen (secondary N) is 1. The number of alkyl halides is 3. The van der Waals surface area contributed by atoms with Gasteiger partial charge in [0.15, 0.2) is 0 Å². The number of aromatic nitrogens is 2. The third-order valence-electron chi connectivity index (χ3n) is 3.94. The number of aromatic amines is 1. The molecule has 0 bridgehead atoms. The molecular formula is C18H10ClF3N2O2. The van der Waals surface area contributed by atoms with Gasteiger partial charge in [-0.3, -0.25) is 5.10 Å². The Morgan fingerprint density at radius 3 is 2.58 bits per heavy atom. The molecule has 4 aromatic rings. The minimum absolute atomic E-state index is 0.0118. The molecule has 26 heavy (non-hydrogen) atoms. The Bertz CT molecular complexity index is 1120. The zero-order valence-electron chi connectivity index (χ0n) is 12.9. The van der Waals surface area contributed by atoms with Gasteiger partial charge in [0.05, 0.1) is 11.1 Å². The fraction of sp³-hybridized carbons (Fsp3) is 0.0556. The van der Waals surface area contributed by atoms with Crippen LogP contribution in [0.4, 0.5) is 13.2 Å². The molecule has 0 atom stereocenters. The largest absolute Gasteiger partial charge is 0.506 e. The molecule has 8 heteroatoms. The highest BCUT2D eigenvalue weighted by Gasteiger charge is 2.33. The summed E-state index contributed by atoms with van der Waals surface area (Å²) in [5.41, 5.74) is 0.283. The topological polar surface area (TPSA) is 62.0 Å². The number of H-pyrrole nitrogens is 1. The van der Waals surface area contributed by atoms with Crippen LogP contribution in [0.3, 0.4) is 0 Å². The third kappa shape index (κ3) is 2.80. The van der Waals surface area contributed by atoms with Crippen molar-refractivity contribution in [2.75, 3.05) is 0 Å². The summed E-state index contributed by atoms with van der Waals surface area (Å²) in [7, 11) is 0. The number of phenolic OH excluding ortho intramolecular Hbond substituents is 1. The van der Waals surface area contributed by atoms with Gasteiger partial charge in [0.25, 0.3) is 0 Å². The van der Waals surface area contributed by atoms with Crippen LogP contribution in [0, 0.1) is 0 Å². The van der Waals surface area contributed by atoms with Gasteiger partial charge in [-0.15, -0.1) is 0 Å². The van der Waals surface area contributed by atoms with Crippen LogP contribution in [0.1, 0.15) is 5.69 Å². The van der Waals surface area contributed by atoms with Crippen LogP contribution in [0.5, 0.6) is 5.75 Å². The minimum Gasteiger partial charge on any atom is -0.506 e. The highest BCUT2D eigenvalue weighted by Crippen LogP contribution is 2.40. The smallest absolute Gasteiger partial charge is 0.432 e. The van der Waals surface area contributed by atoms with Crippen LogP contribution in [0.2, 0.25) is 5.02 Å². The summed E-state index contributed by atoms with van der Waals surface area (Å²) < 4.78 is 43.9. The van der Waals surface area contributed by atoms with E-state index in [1.54, 1.807) is 36.4 Å². The second kappa shape index (κ2) is 5.81. The molecule has 2 N–H and O–H groups in total. The Morgan fingerprint density at radius 1 is 1.08 bits per heavy atom. The summed E-state index contributed by atoms with van der Waals surface area (Å²) in [6, 6.07) is 12.5. The normalized spacial score (nSPS) is 12.0. The van der Waals surface area contributed by atoms with Crippen molar-refractivity contribution in [2.45, 2.75) is 6.18 Å². The molecule has 0 saturated heterocycles. The standard InChI is InChI=1S/C18H10ClF3N2O2/c19-10-3-1-2-9(6-10)15-7-12-14(26-15)5-4-11(17(12)25)13-8-16(24-23-13)18(20,21)22/h1-8,25H,(H,23,24). The van der Waals surface area contributed by atoms with Gasteiger partial charge in [-0.05, 0) is 36.4 Å². The van der Waals surface area contributed by atoms with Crippen LogP contribution in [0.15, 0.2) is 52.9 Å². The zero-order valence-corrected chi connectivity index (χ0v) is 13.7. The molecular weight excluding hydrogens is 369 g/mol. The molecule has 132 valence electrons. The Labute approximate surface area is 149 Å². The number of rotatable bonds is 2. The molecule has 0 saturated carbocycles. The van der Waals surface area contributed by atoms with E-state index in [1.165, 1.54) is 6.07 Å². The molecule has 0 aliphatic heterocycles. The van der Waals surface area contributed by atoms with Crippen LogP contribution < -0.4 is 0 Å². The van der Waals surface area contributed by atoms with Gasteiger partial charge in [0.2, 0.25) is 0 Å². The number of furan rings is 1. The summed E-state index contributed by atoms with van der Waals surface area (Å²) in [5.74, 6) is 0.271. The highest BCUT2D eigenvalue weighted by molar-refractivity contribution is 6.30. The van der Waals surface area contributed by atoms with E-state index in [4.69, 9.17) is 16.0 Å². The van der Waals surface area contributed by atoms with Crippen molar-refractivity contribution >= 4 is 22.6 Å². The van der Waals surface area contributed by atoms with Gasteiger partial charge < -0.3 is 9.52 Å². The predicted molar refractivity (Wildman–Crippen MR) is 90.9 cm³/mol. The van der Waals surface area contributed by atoms with Crippen molar-refractivity contribution in [1.29, 1.82) is 0 Å². The van der Waals surface area contributed by atoms with Gasteiger partial charge in [0.1, 0.15) is 22.8 Å². The lowest BCUT2D eigenvalue weighted by Gasteiger charge is -2.02. The number of aromatic hydroxyl groups is 1. The molecule has 0 unspecified atom stereocenters. The lowest BCUT2D eigenvalue weighted by molar-refractivity contribution is -0.141. The second-order valence-corrected chi connectivity index (χ2v) is 6.10. The average Bonchev–Trinajstić information content (AvgIpc) is 3.22. The van der Waals surface area contributed by atoms with Gasteiger partial charge in [-0.25, -0.2) is 0 Å². The van der Waals surface area contributed by atoms with Crippen molar-refractivity contribution in [3.63, 3.8) is 0 Å². The number of hydrogen-bond acceptors (Lipinski definition) is 3. The molecule has 2 aromatic carbocycles. The highest BCUT2D eigenvalue weighted by atomic mass is 35.5. The van der Waals surface area contributed by atoms with Crippen LogP contribution in [-0.4, -0.2) is 15.3 Å². The molecule has 0 fully saturated rings. The average molecular weight is 379 g/mol. The van der Waals surface area contributed by atoms with E-state index in [2.05, 4.69) is 5.10 Å². The van der Waals surface area contributed by atoms with Crippen LogP contribution in [0.25, 0.3) is 33.6 Å². The fourth-order valence-corrected chi connectivity index (χ4v) is 2.88. The molecule has 4 nitrogen and oxygen atoms in total. The molecule has 2 heterocycles. The maximum absolute atomic E-state index is 12.7. The minimum atomic E-state index is -4.54. The first-order valence-electron chi connectivity index (χ1n) is 7.47. The van der Waals surface area contributed by atoms with E-state index in [0.717, 1.165) is 6.07 Å². The lowest BCUT2D eigenvalue weighted by Crippen LogP contribution is -2.04. The van der Waals surface area contributed by atoms with Gasteiger partial charge in [-0.1, -0.05) is 23.7 Å². The molecule has 2 aromatic heterocycles. The van der Waals surface area contributed by atoms with E-state index < -0.39 is 11.9 Å². The lowest BCUT2D eigenvalue weighted by atomic mass is 10.1. The maximum Gasteiger partial charge on any atom is 0.432 e. The van der Waals surface area contributed by atoms with Crippen molar-refractivity contribution in [1.82, 2.24) is 10.2 Å². The van der Waals surface area contributed by atoms with Crippen LogP contribution in [-0.2, 0) is 6.18 Å². The molecule has 0 aliphatic rings. The first-order chi connectivity index (χ1) is 12.3. The number of fused-ring (bicyclic) bond motifs is 1. The maximum atomic E-state index is 12.7. The first kappa shape index (κ1) is 16.5. The number of phenols is 1. The summed E-state index contributed by atoms with van der Waals surface area (Å²) in [6.07, 6.45) is -4.54. The Hall–Kier alpha value is -2.93. The van der Waals surface area contributed by atoms with Crippen LogP contribution >= 0.6 is 11.6 Å². The third-order valence-corrected chi connectivity index (χ3v) is 4.18. The van der Waals surface area contributed by atoms with E-state index in [1.807, 2.05) is 5.10 Å². The first-order valence-corrected chi connectivity index (χ1v) is 7.85. The van der Waals surface area contributed by atoms with E-state index in [9.17, 15) is 18.3 Å². The number of nitrogens with zero attached hydrogens (tertiary/aromatic N) is 1. The quantitative estimate of drug-likeness (QED) is 0.458. The van der Waals surface area contributed by atoms with Gasteiger partial charge >= 0.3 is 6.18 Å². The summed E-state index contributed by atoms with van der Waals surface area (Å²) >= 11 is 5.97.